The van der Waals surface area contributed by atoms with Crippen LogP contribution in [0.25, 0.3) is 11.1 Å². The summed E-state index contributed by atoms with van der Waals surface area (Å²) in [5.41, 5.74) is 1.69. The smallest absolute Gasteiger partial charge is 0.127 e. The average Bonchev–Trinajstić information content (AvgIpc) is 2.30. The van der Waals surface area contributed by atoms with Crippen molar-refractivity contribution >= 4 is 8.60 Å². The van der Waals surface area contributed by atoms with Crippen molar-refractivity contribution in [1.29, 1.82) is 0 Å². The second-order valence-corrected chi connectivity index (χ2v) is 3.81. The first-order valence-corrected chi connectivity index (χ1v) is 5.84. The fraction of sp³-hybridized carbons (Fsp3) is 0. The Morgan fingerprint density at radius 3 is 2.12 bits per heavy atom. The molecule has 0 heterocycles. The molecule has 0 amide bonds. The third kappa shape index (κ3) is 2.58. The van der Waals surface area contributed by atoms with Gasteiger partial charge in [-0.15, -0.1) is 0 Å². The topological polar surface area (TPSA) is 55.3 Å². The van der Waals surface area contributed by atoms with Crippen LogP contribution in [-0.4, -0.2) is 0 Å². The molecule has 2 aromatic rings. The van der Waals surface area contributed by atoms with Gasteiger partial charge in [0.1, 0.15) is 5.75 Å². The molecule has 3 nitrogen and oxygen atoms in total. The predicted molar refractivity (Wildman–Crippen MR) is 59.4 cm³/mol. The standard InChI is InChI=1S/C12H9O3P/c13-16(14)15-12-9-5-4-8-11(12)10-6-2-1-3-7-10/h1-9H/q-2. The summed E-state index contributed by atoms with van der Waals surface area (Å²) in [4.78, 5) is 21.1. The van der Waals surface area contributed by atoms with Gasteiger partial charge in [0, 0.05) is 5.56 Å². The summed E-state index contributed by atoms with van der Waals surface area (Å²) < 4.78 is 4.75. The minimum absolute atomic E-state index is 0.352. The van der Waals surface area contributed by atoms with Crippen molar-refractivity contribution in [2.45, 2.75) is 0 Å². The highest BCUT2D eigenvalue weighted by atomic mass is 31.2. The van der Waals surface area contributed by atoms with Gasteiger partial charge in [-0.05, 0) is 11.6 Å². The maximum absolute atomic E-state index is 10.6. The summed E-state index contributed by atoms with van der Waals surface area (Å²) in [6.45, 7) is 0. The number of hydrogen-bond donors (Lipinski definition) is 0. The average molecular weight is 232 g/mol. The SMILES string of the molecule is [O-]P([O-])Oc1ccccc1-c1ccccc1. The Bertz CT molecular complexity index is 457. The maximum atomic E-state index is 10.6. The zero-order valence-corrected chi connectivity index (χ0v) is 9.26. The summed E-state index contributed by atoms with van der Waals surface area (Å²) in [5, 5.41) is 0. The van der Waals surface area contributed by atoms with Gasteiger partial charge in [0.15, 0.2) is 0 Å². The lowest BCUT2D eigenvalue weighted by atomic mass is 10.1. The van der Waals surface area contributed by atoms with E-state index in [0.717, 1.165) is 11.1 Å². The highest BCUT2D eigenvalue weighted by Gasteiger charge is 2.03. The van der Waals surface area contributed by atoms with Crippen LogP contribution in [0.3, 0.4) is 0 Å². The molecule has 0 fully saturated rings. The van der Waals surface area contributed by atoms with Crippen LogP contribution >= 0.6 is 8.60 Å². The molecule has 0 saturated heterocycles. The second kappa shape index (κ2) is 5.08. The first kappa shape index (κ1) is 11.1. The quantitative estimate of drug-likeness (QED) is 0.756. The van der Waals surface area contributed by atoms with E-state index in [1.165, 1.54) is 0 Å². The predicted octanol–water partition coefficient (Wildman–Crippen LogP) is 1.68. The molecule has 0 aromatic heterocycles. The lowest BCUT2D eigenvalue weighted by Crippen LogP contribution is -2.13. The molecule has 0 saturated carbocycles. The molecule has 0 unspecified atom stereocenters. The van der Waals surface area contributed by atoms with E-state index in [9.17, 15) is 9.79 Å². The van der Waals surface area contributed by atoms with Crippen molar-refractivity contribution in [2.75, 3.05) is 0 Å². The van der Waals surface area contributed by atoms with E-state index < -0.39 is 8.60 Å². The van der Waals surface area contributed by atoms with E-state index in [1.807, 2.05) is 42.5 Å². The molecule has 0 bridgehead atoms. The maximum Gasteiger partial charge on any atom is 0.127 e. The van der Waals surface area contributed by atoms with E-state index in [-0.39, 0.29) is 0 Å². The molecular formula is C12H9O3P-2. The number of benzene rings is 2. The van der Waals surface area contributed by atoms with Crippen LogP contribution in [0, 0.1) is 0 Å². The largest absolute Gasteiger partial charge is 0.810 e. The molecule has 0 aliphatic rings. The molecule has 0 N–H and O–H groups in total. The van der Waals surface area contributed by atoms with Crippen molar-refractivity contribution < 1.29 is 14.3 Å². The Labute approximate surface area is 95.0 Å². The van der Waals surface area contributed by atoms with E-state index in [4.69, 9.17) is 4.52 Å². The van der Waals surface area contributed by atoms with Crippen LogP contribution in [0.1, 0.15) is 0 Å². The Morgan fingerprint density at radius 1 is 0.812 bits per heavy atom. The van der Waals surface area contributed by atoms with Gasteiger partial charge in [-0.25, -0.2) is 0 Å². The van der Waals surface area contributed by atoms with E-state index in [0.29, 0.717) is 5.75 Å². The Kier molecular flexibility index (Phi) is 3.52. The number of hydrogen-bond acceptors (Lipinski definition) is 3. The molecule has 0 spiro atoms. The molecule has 2 rings (SSSR count). The minimum Gasteiger partial charge on any atom is -0.810 e. The van der Waals surface area contributed by atoms with Crippen LogP contribution < -0.4 is 14.3 Å². The van der Waals surface area contributed by atoms with E-state index in [2.05, 4.69) is 0 Å². The molecule has 0 aliphatic heterocycles. The van der Waals surface area contributed by atoms with Gasteiger partial charge in [-0.3, -0.25) is 0 Å². The summed E-state index contributed by atoms with van der Waals surface area (Å²) in [6.07, 6.45) is 0. The van der Waals surface area contributed by atoms with Crippen molar-refractivity contribution in [3.63, 3.8) is 0 Å². The van der Waals surface area contributed by atoms with Gasteiger partial charge in [0.05, 0.1) is 0 Å². The zero-order chi connectivity index (χ0) is 11.4. The summed E-state index contributed by atoms with van der Waals surface area (Å²) >= 11 is 0. The third-order valence-electron chi connectivity index (χ3n) is 2.14. The molecular weight excluding hydrogens is 223 g/mol. The van der Waals surface area contributed by atoms with Crippen molar-refractivity contribution in [2.24, 2.45) is 0 Å². The molecule has 2 aromatic carbocycles. The first-order valence-electron chi connectivity index (χ1n) is 4.74. The monoisotopic (exact) mass is 232 g/mol. The molecule has 4 heteroatoms. The third-order valence-corrected chi connectivity index (χ3v) is 2.49. The molecule has 0 aliphatic carbocycles. The van der Waals surface area contributed by atoms with Crippen LogP contribution in [0.5, 0.6) is 5.75 Å². The van der Waals surface area contributed by atoms with Crippen molar-refractivity contribution in [1.82, 2.24) is 0 Å². The number of para-hydroxylation sites is 1. The van der Waals surface area contributed by atoms with Crippen molar-refractivity contribution in [3.8, 4) is 16.9 Å². The summed E-state index contributed by atoms with van der Waals surface area (Å²) in [5.74, 6) is 0.352. The minimum atomic E-state index is -2.88. The normalized spacial score (nSPS) is 10.4. The number of rotatable bonds is 3. The summed E-state index contributed by atoms with van der Waals surface area (Å²) in [6, 6.07) is 16.5. The fourth-order valence-corrected chi connectivity index (χ4v) is 1.80. The van der Waals surface area contributed by atoms with Crippen LogP contribution in [0.4, 0.5) is 0 Å². The lowest BCUT2D eigenvalue weighted by molar-refractivity contribution is -0.310. The van der Waals surface area contributed by atoms with Gasteiger partial charge in [-0.1, -0.05) is 57.1 Å². The first-order chi connectivity index (χ1) is 7.77. The molecule has 0 radical (unpaired) electrons. The van der Waals surface area contributed by atoms with Gasteiger partial charge in [-0.2, -0.15) is 0 Å². The van der Waals surface area contributed by atoms with Gasteiger partial charge < -0.3 is 14.3 Å². The Hall–Kier alpha value is -1.41. The molecule has 0 atom stereocenters. The molecule has 16 heavy (non-hydrogen) atoms. The Balaban J connectivity index is 2.41. The lowest BCUT2D eigenvalue weighted by Gasteiger charge is -2.30. The van der Waals surface area contributed by atoms with Crippen LogP contribution in [0.15, 0.2) is 54.6 Å². The fourth-order valence-electron chi connectivity index (χ4n) is 1.48. The van der Waals surface area contributed by atoms with Crippen LogP contribution in [-0.2, 0) is 0 Å². The van der Waals surface area contributed by atoms with Gasteiger partial charge in [0.25, 0.3) is 0 Å². The Morgan fingerprint density at radius 2 is 1.44 bits per heavy atom. The van der Waals surface area contributed by atoms with Gasteiger partial charge >= 0.3 is 0 Å². The highest BCUT2D eigenvalue weighted by molar-refractivity contribution is 7.36. The van der Waals surface area contributed by atoms with Crippen LogP contribution in [0.2, 0.25) is 0 Å². The zero-order valence-electron chi connectivity index (χ0n) is 8.37. The van der Waals surface area contributed by atoms with Crippen molar-refractivity contribution in [3.05, 3.63) is 54.6 Å². The molecule has 82 valence electrons. The second-order valence-electron chi connectivity index (χ2n) is 3.18. The van der Waals surface area contributed by atoms with E-state index in [1.54, 1.807) is 12.1 Å². The van der Waals surface area contributed by atoms with E-state index >= 15 is 0 Å². The highest BCUT2D eigenvalue weighted by Crippen LogP contribution is 2.33. The van der Waals surface area contributed by atoms with Gasteiger partial charge in [0.2, 0.25) is 0 Å². The summed E-state index contributed by atoms with van der Waals surface area (Å²) in [7, 11) is -2.88.